The predicted molar refractivity (Wildman–Crippen MR) is 59.2 cm³/mol. The van der Waals surface area contributed by atoms with Crippen molar-refractivity contribution in [3.8, 4) is 5.75 Å². The van der Waals surface area contributed by atoms with Gasteiger partial charge in [0.2, 0.25) is 0 Å². The maximum atomic E-state index is 10.4. The van der Waals surface area contributed by atoms with Crippen molar-refractivity contribution in [3.05, 3.63) is 23.8 Å². The number of hydrogen-bond acceptors (Lipinski definition) is 4. The first-order valence-electron chi connectivity index (χ1n) is 4.88. The molecule has 0 saturated heterocycles. The highest BCUT2D eigenvalue weighted by Gasteiger charge is 2.13. The van der Waals surface area contributed by atoms with Crippen molar-refractivity contribution in [2.24, 2.45) is 0 Å². The standard InChI is InChI=1S/C11H15NO4/c1-16-7-2-3-8(9(12)6-7)10(13)4-5-11(14)15/h2-3,6,10,13H,4-5,12H2,1H3,(H,14,15). The van der Waals surface area contributed by atoms with Crippen molar-refractivity contribution in [1.29, 1.82) is 0 Å². The Bertz CT molecular complexity index is 378. The molecule has 0 aromatic heterocycles. The van der Waals surface area contributed by atoms with Gasteiger partial charge in [-0.2, -0.15) is 0 Å². The lowest BCUT2D eigenvalue weighted by Crippen LogP contribution is -2.05. The van der Waals surface area contributed by atoms with E-state index in [2.05, 4.69) is 0 Å². The molecule has 0 aliphatic carbocycles. The van der Waals surface area contributed by atoms with Gasteiger partial charge < -0.3 is 20.7 Å². The molecule has 0 radical (unpaired) electrons. The summed E-state index contributed by atoms with van der Waals surface area (Å²) in [5.74, 6) is -0.335. The van der Waals surface area contributed by atoms with Crippen molar-refractivity contribution >= 4 is 11.7 Å². The molecule has 88 valence electrons. The average Bonchev–Trinajstić information content (AvgIpc) is 2.25. The van der Waals surface area contributed by atoms with Gasteiger partial charge in [0.25, 0.3) is 0 Å². The van der Waals surface area contributed by atoms with Crippen LogP contribution in [-0.2, 0) is 4.79 Å². The lowest BCUT2D eigenvalue weighted by Gasteiger charge is -2.13. The number of hydrogen-bond donors (Lipinski definition) is 3. The second-order valence-electron chi connectivity index (χ2n) is 3.44. The Morgan fingerprint density at radius 2 is 2.25 bits per heavy atom. The molecule has 0 fully saturated rings. The highest BCUT2D eigenvalue weighted by atomic mass is 16.5. The molecule has 0 heterocycles. The number of aliphatic hydroxyl groups excluding tert-OH is 1. The number of ether oxygens (including phenoxy) is 1. The molecule has 4 N–H and O–H groups in total. The summed E-state index contributed by atoms with van der Waals surface area (Å²) in [6.45, 7) is 0. The number of rotatable bonds is 5. The molecule has 1 aromatic carbocycles. The molecular formula is C11H15NO4. The fraction of sp³-hybridized carbons (Fsp3) is 0.364. The molecule has 0 aliphatic rings. The van der Waals surface area contributed by atoms with Crippen LogP contribution in [0.25, 0.3) is 0 Å². The largest absolute Gasteiger partial charge is 0.497 e. The van der Waals surface area contributed by atoms with Gasteiger partial charge in [0.15, 0.2) is 0 Å². The lowest BCUT2D eigenvalue weighted by molar-refractivity contribution is -0.137. The van der Waals surface area contributed by atoms with Crippen LogP contribution in [-0.4, -0.2) is 23.3 Å². The van der Waals surface area contributed by atoms with Crippen molar-refractivity contribution in [1.82, 2.24) is 0 Å². The van der Waals surface area contributed by atoms with Gasteiger partial charge in [0.1, 0.15) is 5.75 Å². The van der Waals surface area contributed by atoms with E-state index in [1.54, 1.807) is 18.2 Å². The van der Waals surface area contributed by atoms with Crippen LogP contribution in [0, 0.1) is 0 Å². The fourth-order valence-electron chi connectivity index (χ4n) is 1.40. The van der Waals surface area contributed by atoms with Gasteiger partial charge in [-0.3, -0.25) is 4.79 Å². The number of anilines is 1. The van der Waals surface area contributed by atoms with E-state index in [0.717, 1.165) is 0 Å². The molecule has 0 amide bonds. The van der Waals surface area contributed by atoms with E-state index >= 15 is 0 Å². The zero-order valence-corrected chi connectivity index (χ0v) is 9.01. The third-order valence-electron chi connectivity index (χ3n) is 2.28. The molecular weight excluding hydrogens is 210 g/mol. The van der Waals surface area contributed by atoms with Crippen LogP contribution < -0.4 is 10.5 Å². The summed E-state index contributed by atoms with van der Waals surface area (Å²) in [6, 6.07) is 4.91. The molecule has 1 unspecified atom stereocenters. The number of aliphatic carboxylic acids is 1. The normalized spacial score (nSPS) is 12.1. The highest BCUT2D eigenvalue weighted by Crippen LogP contribution is 2.27. The zero-order valence-electron chi connectivity index (χ0n) is 9.01. The number of nitrogens with two attached hydrogens (primary N) is 1. The summed E-state index contributed by atoms with van der Waals surface area (Å²) in [4.78, 5) is 10.4. The summed E-state index contributed by atoms with van der Waals surface area (Å²) >= 11 is 0. The van der Waals surface area contributed by atoms with Gasteiger partial charge in [-0.1, -0.05) is 6.07 Å². The van der Waals surface area contributed by atoms with Crippen LogP contribution in [0.15, 0.2) is 18.2 Å². The number of nitrogen functional groups attached to an aromatic ring is 1. The van der Waals surface area contributed by atoms with Gasteiger partial charge in [-0.15, -0.1) is 0 Å². The summed E-state index contributed by atoms with van der Waals surface area (Å²) in [7, 11) is 1.52. The van der Waals surface area contributed by atoms with E-state index in [1.165, 1.54) is 7.11 Å². The summed E-state index contributed by atoms with van der Waals surface area (Å²) < 4.78 is 4.97. The van der Waals surface area contributed by atoms with Crippen LogP contribution in [0.3, 0.4) is 0 Å². The SMILES string of the molecule is COc1ccc(C(O)CCC(=O)O)c(N)c1. The van der Waals surface area contributed by atoms with E-state index in [4.69, 9.17) is 15.6 Å². The van der Waals surface area contributed by atoms with Gasteiger partial charge >= 0.3 is 5.97 Å². The fourth-order valence-corrected chi connectivity index (χ4v) is 1.40. The average molecular weight is 225 g/mol. The minimum Gasteiger partial charge on any atom is -0.497 e. The molecule has 0 bridgehead atoms. The van der Waals surface area contributed by atoms with E-state index in [-0.39, 0.29) is 12.8 Å². The van der Waals surface area contributed by atoms with Crippen LogP contribution in [0.1, 0.15) is 24.5 Å². The Morgan fingerprint density at radius 1 is 1.56 bits per heavy atom. The number of carboxylic acid groups (broad SMARTS) is 1. The van der Waals surface area contributed by atoms with Crippen LogP contribution in [0.5, 0.6) is 5.75 Å². The molecule has 0 aliphatic heterocycles. The molecule has 0 saturated carbocycles. The Kier molecular flexibility index (Phi) is 4.13. The van der Waals surface area contributed by atoms with Crippen LogP contribution >= 0.6 is 0 Å². The number of carboxylic acids is 1. The predicted octanol–water partition coefficient (Wildman–Crippen LogP) is 1.18. The first-order chi connectivity index (χ1) is 7.54. The smallest absolute Gasteiger partial charge is 0.303 e. The van der Waals surface area contributed by atoms with Gasteiger partial charge in [-0.25, -0.2) is 0 Å². The molecule has 1 atom stereocenters. The number of benzene rings is 1. The summed E-state index contributed by atoms with van der Waals surface area (Å²) in [5.41, 5.74) is 6.65. The number of carbonyl (C=O) groups is 1. The maximum absolute atomic E-state index is 10.4. The van der Waals surface area contributed by atoms with E-state index in [1.807, 2.05) is 0 Å². The van der Waals surface area contributed by atoms with Crippen molar-refractivity contribution in [2.45, 2.75) is 18.9 Å². The van der Waals surface area contributed by atoms with E-state index in [9.17, 15) is 9.90 Å². The Morgan fingerprint density at radius 3 is 2.75 bits per heavy atom. The minimum absolute atomic E-state index is 0.0906. The third-order valence-corrected chi connectivity index (χ3v) is 2.28. The minimum atomic E-state index is -0.939. The van der Waals surface area contributed by atoms with Gasteiger partial charge in [0, 0.05) is 23.7 Å². The Labute approximate surface area is 93.5 Å². The van der Waals surface area contributed by atoms with Gasteiger partial charge in [0.05, 0.1) is 13.2 Å². The highest BCUT2D eigenvalue weighted by molar-refractivity contribution is 5.66. The van der Waals surface area contributed by atoms with Gasteiger partial charge in [-0.05, 0) is 12.5 Å². The topological polar surface area (TPSA) is 92.8 Å². The zero-order chi connectivity index (χ0) is 12.1. The maximum Gasteiger partial charge on any atom is 0.303 e. The second-order valence-corrected chi connectivity index (χ2v) is 3.44. The quantitative estimate of drug-likeness (QED) is 0.654. The van der Waals surface area contributed by atoms with Crippen LogP contribution in [0.2, 0.25) is 0 Å². The van der Waals surface area contributed by atoms with E-state index < -0.39 is 12.1 Å². The van der Waals surface area contributed by atoms with Crippen LogP contribution in [0.4, 0.5) is 5.69 Å². The monoisotopic (exact) mass is 225 g/mol. The third kappa shape index (κ3) is 3.13. The first-order valence-corrected chi connectivity index (χ1v) is 4.88. The Hall–Kier alpha value is -1.75. The molecule has 5 heteroatoms. The summed E-state index contributed by atoms with van der Waals surface area (Å²) in [5, 5.41) is 18.2. The lowest BCUT2D eigenvalue weighted by atomic mass is 10.0. The summed E-state index contributed by atoms with van der Waals surface area (Å²) in [6.07, 6.45) is -0.805. The van der Waals surface area contributed by atoms with Crippen molar-refractivity contribution in [2.75, 3.05) is 12.8 Å². The molecule has 16 heavy (non-hydrogen) atoms. The number of aliphatic hydroxyl groups is 1. The molecule has 1 aromatic rings. The molecule has 5 nitrogen and oxygen atoms in total. The van der Waals surface area contributed by atoms with E-state index in [0.29, 0.717) is 17.0 Å². The molecule has 0 spiro atoms. The first kappa shape index (κ1) is 12.3. The van der Waals surface area contributed by atoms with Crippen molar-refractivity contribution < 1.29 is 19.7 Å². The molecule has 1 rings (SSSR count). The second kappa shape index (κ2) is 5.37. The van der Waals surface area contributed by atoms with Crippen molar-refractivity contribution in [3.63, 3.8) is 0 Å². The number of methoxy groups -OCH3 is 1. The Balaban J connectivity index is 2.75.